The zero-order valence-corrected chi connectivity index (χ0v) is 23.9. The van der Waals surface area contributed by atoms with Gasteiger partial charge in [-0.05, 0) is 76.8 Å². The third-order valence-corrected chi connectivity index (χ3v) is 9.45. The van der Waals surface area contributed by atoms with E-state index in [1.165, 1.54) is 12.4 Å². The molecule has 4 aromatic rings. The third-order valence-electron chi connectivity index (χ3n) is 9.45. The Kier molecular flexibility index (Phi) is 6.52. The van der Waals surface area contributed by atoms with Gasteiger partial charge in [-0.3, -0.25) is 0 Å². The van der Waals surface area contributed by atoms with E-state index < -0.39 is 17.5 Å². The van der Waals surface area contributed by atoms with Crippen LogP contribution in [0.25, 0.3) is 22.1 Å². The molecule has 4 atom stereocenters. The minimum absolute atomic E-state index is 0.00842. The Bertz CT molecular complexity index is 1610. The van der Waals surface area contributed by atoms with Gasteiger partial charge in [0.1, 0.15) is 29.7 Å². The summed E-state index contributed by atoms with van der Waals surface area (Å²) in [6, 6.07) is 6.23. The van der Waals surface area contributed by atoms with Crippen molar-refractivity contribution in [2.45, 2.75) is 82.2 Å². The molecular formula is C30H36F3N7O2. The van der Waals surface area contributed by atoms with Gasteiger partial charge in [0.25, 0.3) is 0 Å². The van der Waals surface area contributed by atoms with E-state index in [4.69, 9.17) is 15.2 Å². The van der Waals surface area contributed by atoms with Crippen molar-refractivity contribution in [3.05, 3.63) is 48.2 Å². The number of nitrogens with zero attached hydrogens (tertiary/aromatic N) is 5. The number of aromatic amines is 1. The van der Waals surface area contributed by atoms with Crippen molar-refractivity contribution in [2.24, 2.45) is 11.8 Å². The maximum Gasteiger partial charge on any atom is 0.416 e. The normalized spacial score (nSPS) is 29.0. The Morgan fingerprint density at radius 3 is 2.69 bits per heavy atom. The summed E-state index contributed by atoms with van der Waals surface area (Å²) in [6.07, 6.45) is 3.89. The fourth-order valence-corrected chi connectivity index (χ4v) is 7.28. The number of nitrogens with one attached hydrogen (secondary N) is 1. The van der Waals surface area contributed by atoms with E-state index in [-0.39, 0.29) is 18.2 Å². The molecule has 2 saturated carbocycles. The number of nitrogen functional groups attached to an aromatic ring is 1. The SMILES string of the molecule is CN(C[C@H]1C[C@@H](n2ccc3c(N)ncnc32)[C@@H]2OC(C)(C)O[C@H]12)[C@H]1C[C@H](CCc2nc3cc(C(F)(F)F)ccc3[nH]2)C1. The third kappa shape index (κ3) is 4.92. The second kappa shape index (κ2) is 9.92. The number of hydrogen-bond acceptors (Lipinski definition) is 7. The summed E-state index contributed by atoms with van der Waals surface area (Å²) in [4.78, 5) is 18.7. The van der Waals surface area contributed by atoms with Gasteiger partial charge in [0.2, 0.25) is 0 Å². The molecule has 0 bridgehead atoms. The van der Waals surface area contributed by atoms with Crippen LogP contribution in [0, 0.1) is 11.8 Å². The fraction of sp³-hybridized carbons (Fsp3) is 0.567. The number of fused-ring (bicyclic) bond motifs is 3. The molecule has 3 aromatic heterocycles. The first-order valence-corrected chi connectivity index (χ1v) is 14.6. The molecule has 0 radical (unpaired) electrons. The van der Waals surface area contributed by atoms with Crippen LogP contribution in [-0.4, -0.2) is 67.0 Å². The van der Waals surface area contributed by atoms with Gasteiger partial charge in [-0.1, -0.05) is 0 Å². The smallest absolute Gasteiger partial charge is 0.383 e. The molecular weight excluding hydrogens is 547 g/mol. The van der Waals surface area contributed by atoms with Crippen LogP contribution < -0.4 is 5.73 Å². The van der Waals surface area contributed by atoms with Crippen molar-refractivity contribution >= 4 is 27.9 Å². The van der Waals surface area contributed by atoms with Gasteiger partial charge in [-0.2, -0.15) is 13.2 Å². The molecule has 1 aliphatic heterocycles. The summed E-state index contributed by atoms with van der Waals surface area (Å²) < 4.78 is 54.2. The Balaban J connectivity index is 0.966. The van der Waals surface area contributed by atoms with E-state index in [2.05, 4.69) is 36.5 Å². The minimum Gasteiger partial charge on any atom is -0.383 e. The molecule has 3 N–H and O–H groups in total. The lowest BCUT2D eigenvalue weighted by Crippen LogP contribution is -2.46. The van der Waals surface area contributed by atoms with Crippen molar-refractivity contribution < 1.29 is 22.6 Å². The molecule has 12 heteroatoms. The first kappa shape index (κ1) is 27.6. The summed E-state index contributed by atoms with van der Waals surface area (Å²) in [6.45, 7) is 4.87. The van der Waals surface area contributed by atoms with Crippen molar-refractivity contribution in [3.8, 4) is 0 Å². The van der Waals surface area contributed by atoms with Crippen LogP contribution in [-0.2, 0) is 22.1 Å². The lowest BCUT2D eigenvalue weighted by Gasteiger charge is -2.42. The Morgan fingerprint density at radius 1 is 1.12 bits per heavy atom. The van der Waals surface area contributed by atoms with Crippen LogP contribution in [0.2, 0.25) is 0 Å². The number of halogens is 3. The fourth-order valence-electron chi connectivity index (χ4n) is 7.28. The topological polar surface area (TPSA) is 107 Å². The molecule has 3 fully saturated rings. The molecule has 2 aliphatic carbocycles. The van der Waals surface area contributed by atoms with Crippen LogP contribution in [0.3, 0.4) is 0 Å². The zero-order chi connectivity index (χ0) is 29.4. The molecule has 224 valence electrons. The van der Waals surface area contributed by atoms with Crippen molar-refractivity contribution in [3.63, 3.8) is 0 Å². The molecule has 4 heterocycles. The Morgan fingerprint density at radius 2 is 1.90 bits per heavy atom. The van der Waals surface area contributed by atoms with Crippen molar-refractivity contribution in [2.75, 3.05) is 19.3 Å². The number of anilines is 1. The minimum atomic E-state index is -4.37. The molecule has 0 amide bonds. The molecule has 0 unspecified atom stereocenters. The molecule has 9 nitrogen and oxygen atoms in total. The van der Waals surface area contributed by atoms with Crippen LogP contribution in [0.15, 0.2) is 36.8 Å². The summed E-state index contributed by atoms with van der Waals surface area (Å²) in [5, 5.41) is 0.849. The highest BCUT2D eigenvalue weighted by molar-refractivity contribution is 5.86. The van der Waals surface area contributed by atoms with E-state index in [9.17, 15) is 13.2 Å². The predicted molar refractivity (Wildman–Crippen MR) is 151 cm³/mol. The Hall–Kier alpha value is -3.22. The van der Waals surface area contributed by atoms with E-state index in [1.54, 1.807) is 0 Å². The molecule has 3 aliphatic rings. The van der Waals surface area contributed by atoms with E-state index >= 15 is 0 Å². The molecule has 42 heavy (non-hydrogen) atoms. The maximum absolute atomic E-state index is 13.0. The number of aryl methyl sites for hydroxylation is 1. The van der Waals surface area contributed by atoms with E-state index in [1.807, 2.05) is 26.1 Å². The molecule has 0 spiro atoms. The highest BCUT2D eigenvalue weighted by Gasteiger charge is 2.55. The monoisotopic (exact) mass is 583 g/mol. The maximum atomic E-state index is 13.0. The highest BCUT2D eigenvalue weighted by atomic mass is 19.4. The number of alkyl halides is 3. The Labute approximate surface area is 241 Å². The number of aromatic nitrogens is 5. The lowest BCUT2D eigenvalue weighted by molar-refractivity contribution is -0.161. The van der Waals surface area contributed by atoms with E-state index in [0.29, 0.717) is 34.7 Å². The number of hydrogen-bond donors (Lipinski definition) is 2. The first-order valence-electron chi connectivity index (χ1n) is 14.6. The van der Waals surface area contributed by atoms with Crippen molar-refractivity contribution in [1.82, 2.24) is 29.4 Å². The van der Waals surface area contributed by atoms with Crippen LogP contribution >= 0.6 is 0 Å². The summed E-state index contributed by atoms with van der Waals surface area (Å²) >= 11 is 0. The summed E-state index contributed by atoms with van der Waals surface area (Å²) in [5.74, 6) is 1.45. The predicted octanol–water partition coefficient (Wildman–Crippen LogP) is 5.33. The number of nitrogens with two attached hydrogens (primary N) is 1. The quantitative estimate of drug-likeness (QED) is 0.303. The zero-order valence-electron chi connectivity index (χ0n) is 23.9. The average Bonchev–Trinajstić information content (AvgIpc) is 3.64. The van der Waals surface area contributed by atoms with Gasteiger partial charge in [0.15, 0.2) is 5.79 Å². The summed E-state index contributed by atoms with van der Waals surface area (Å²) in [5.41, 5.74) is 7.26. The van der Waals surface area contributed by atoms with Gasteiger partial charge in [0, 0.05) is 31.1 Å². The lowest BCUT2D eigenvalue weighted by atomic mass is 9.76. The van der Waals surface area contributed by atoms with Crippen LogP contribution in [0.5, 0.6) is 0 Å². The standard InChI is InChI=1S/C30H36F3N7O2/c1-29(2)41-25-17(12-23(26(25)42-29)40-9-8-20-27(34)35-15-36-28(20)40)14-39(3)19-10-16(11-19)4-7-24-37-21-6-5-18(30(31,32)33)13-22(21)38-24/h5-6,8-9,13,15-17,19,23,25-26H,4,7,10-12,14H2,1-3H3,(H,37,38)(H2,34,35,36)/t16-,17-,19-,23-,25-,26+/m1/s1. The number of rotatable bonds is 7. The average molecular weight is 584 g/mol. The van der Waals surface area contributed by atoms with Gasteiger partial charge < -0.3 is 29.7 Å². The molecule has 7 rings (SSSR count). The first-order chi connectivity index (χ1) is 19.9. The van der Waals surface area contributed by atoms with Gasteiger partial charge in [-0.25, -0.2) is 15.0 Å². The number of H-pyrrole nitrogens is 1. The van der Waals surface area contributed by atoms with Crippen LogP contribution in [0.4, 0.5) is 19.0 Å². The number of ether oxygens (including phenoxy) is 2. The van der Waals surface area contributed by atoms with E-state index in [0.717, 1.165) is 67.6 Å². The van der Waals surface area contributed by atoms with Gasteiger partial charge in [-0.15, -0.1) is 0 Å². The van der Waals surface area contributed by atoms with Gasteiger partial charge >= 0.3 is 6.18 Å². The number of benzene rings is 1. The number of imidazole rings is 1. The largest absolute Gasteiger partial charge is 0.416 e. The van der Waals surface area contributed by atoms with Crippen molar-refractivity contribution in [1.29, 1.82) is 0 Å². The second-order valence-corrected chi connectivity index (χ2v) is 12.7. The van der Waals surface area contributed by atoms with Crippen LogP contribution in [0.1, 0.15) is 57.0 Å². The summed E-state index contributed by atoms with van der Waals surface area (Å²) in [7, 11) is 2.20. The second-order valence-electron chi connectivity index (χ2n) is 12.7. The van der Waals surface area contributed by atoms with Gasteiger partial charge in [0.05, 0.1) is 34.1 Å². The molecule has 1 saturated heterocycles. The molecule has 1 aromatic carbocycles. The highest BCUT2D eigenvalue weighted by Crippen LogP contribution is 2.48.